The molecule has 2 N–H and O–H groups in total. The summed E-state index contributed by atoms with van der Waals surface area (Å²) in [6.07, 6.45) is 4.61. The first-order valence-electron chi connectivity index (χ1n) is 8.22. The Balaban J connectivity index is 1.92. The van der Waals surface area contributed by atoms with Crippen molar-refractivity contribution in [1.29, 1.82) is 0 Å². The molecule has 1 aromatic rings. The van der Waals surface area contributed by atoms with Crippen LogP contribution in [0.15, 0.2) is 4.52 Å². The number of hydrogen-bond donors (Lipinski definition) is 1. The first-order chi connectivity index (χ1) is 10.4. The standard InChI is InChI=1S/C16H27N3O3/c1-4-21-14(20)6-5-13-18-15(19-22-13)16(17)9-7-12(8-10-16)11(2)3/h11-12H,4-10,17H2,1-3H3. The molecular formula is C16H27N3O3. The minimum atomic E-state index is -0.489. The Kier molecular flexibility index (Phi) is 5.56. The summed E-state index contributed by atoms with van der Waals surface area (Å²) in [5.41, 5.74) is 5.99. The molecule has 1 aromatic heterocycles. The van der Waals surface area contributed by atoms with Gasteiger partial charge < -0.3 is 15.0 Å². The number of esters is 1. The molecule has 124 valence electrons. The molecule has 1 fully saturated rings. The normalized spacial score (nSPS) is 25.4. The quantitative estimate of drug-likeness (QED) is 0.812. The van der Waals surface area contributed by atoms with E-state index in [-0.39, 0.29) is 12.4 Å². The lowest BCUT2D eigenvalue weighted by Gasteiger charge is -2.36. The van der Waals surface area contributed by atoms with Crippen LogP contribution in [-0.2, 0) is 21.5 Å². The zero-order chi connectivity index (χ0) is 16.2. The summed E-state index contributed by atoms with van der Waals surface area (Å²) in [6, 6.07) is 0. The predicted molar refractivity (Wildman–Crippen MR) is 81.9 cm³/mol. The van der Waals surface area contributed by atoms with Crippen LogP contribution >= 0.6 is 0 Å². The summed E-state index contributed by atoms with van der Waals surface area (Å²) in [6.45, 7) is 6.69. The van der Waals surface area contributed by atoms with Crippen molar-refractivity contribution in [2.45, 2.75) is 64.8 Å². The van der Waals surface area contributed by atoms with E-state index in [1.807, 2.05) is 0 Å². The highest BCUT2D eigenvalue weighted by Gasteiger charge is 2.37. The van der Waals surface area contributed by atoms with Gasteiger partial charge in [0.15, 0.2) is 5.82 Å². The van der Waals surface area contributed by atoms with E-state index in [1.165, 1.54) is 0 Å². The molecule has 0 unspecified atom stereocenters. The van der Waals surface area contributed by atoms with E-state index >= 15 is 0 Å². The second kappa shape index (κ2) is 7.22. The molecule has 2 rings (SSSR count). The number of aryl methyl sites for hydroxylation is 1. The van der Waals surface area contributed by atoms with Gasteiger partial charge in [-0.25, -0.2) is 0 Å². The number of carbonyl (C=O) groups is 1. The zero-order valence-electron chi connectivity index (χ0n) is 13.8. The Labute approximate surface area is 131 Å². The molecule has 1 aliphatic carbocycles. The van der Waals surface area contributed by atoms with Gasteiger partial charge in [-0.05, 0) is 44.4 Å². The van der Waals surface area contributed by atoms with Crippen LogP contribution in [0.1, 0.15) is 64.6 Å². The van der Waals surface area contributed by atoms with Crippen LogP contribution < -0.4 is 5.73 Å². The second-order valence-corrected chi connectivity index (χ2v) is 6.55. The van der Waals surface area contributed by atoms with Gasteiger partial charge in [-0.15, -0.1) is 0 Å². The minimum Gasteiger partial charge on any atom is -0.466 e. The molecule has 1 saturated carbocycles. The second-order valence-electron chi connectivity index (χ2n) is 6.55. The molecule has 1 heterocycles. The zero-order valence-corrected chi connectivity index (χ0v) is 13.8. The highest BCUT2D eigenvalue weighted by atomic mass is 16.5. The highest BCUT2D eigenvalue weighted by molar-refractivity contribution is 5.69. The lowest BCUT2D eigenvalue weighted by molar-refractivity contribution is -0.143. The SMILES string of the molecule is CCOC(=O)CCc1nc(C2(N)CCC(C(C)C)CC2)no1. The maximum Gasteiger partial charge on any atom is 0.306 e. The third-order valence-electron chi connectivity index (χ3n) is 4.63. The molecular weight excluding hydrogens is 282 g/mol. The first kappa shape index (κ1) is 16.9. The van der Waals surface area contributed by atoms with Gasteiger partial charge in [0.25, 0.3) is 0 Å². The Hall–Kier alpha value is -1.43. The molecule has 0 bridgehead atoms. The lowest BCUT2D eigenvalue weighted by Crippen LogP contribution is -2.42. The molecule has 6 nitrogen and oxygen atoms in total. The average Bonchev–Trinajstić information content (AvgIpc) is 2.95. The van der Waals surface area contributed by atoms with Crippen LogP contribution in [0.4, 0.5) is 0 Å². The van der Waals surface area contributed by atoms with Crippen LogP contribution in [0.2, 0.25) is 0 Å². The van der Waals surface area contributed by atoms with Crippen LogP contribution in [0.5, 0.6) is 0 Å². The van der Waals surface area contributed by atoms with Crippen LogP contribution in [0, 0.1) is 11.8 Å². The fourth-order valence-electron chi connectivity index (χ4n) is 3.05. The van der Waals surface area contributed by atoms with Gasteiger partial charge in [-0.2, -0.15) is 4.98 Å². The lowest BCUT2D eigenvalue weighted by atomic mass is 9.73. The van der Waals surface area contributed by atoms with Gasteiger partial charge in [0, 0.05) is 6.42 Å². The van der Waals surface area contributed by atoms with E-state index in [1.54, 1.807) is 6.92 Å². The summed E-state index contributed by atoms with van der Waals surface area (Å²) in [5.74, 6) is 2.20. The van der Waals surface area contributed by atoms with Gasteiger partial charge in [0.2, 0.25) is 5.89 Å². The molecule has 0 aliphatic heterocycles. The van der Waals surface area contributed by atoms with E-state index in [4.69, 9.17) is 15.0 Å². The molecule has 22 heavy (non-hydrogen) atoms. The number of rotatable bonds is 6. The Bertz CT molecular complexity index is 491. The summed E-state index contributed by atoms with van der Waals surface area (Å²) < 4.78 is 10.1. The van der Waals surface area contributed by atoms with Crippen molar-refractivity contribution in [3.63, 3.8) is 0 Å². The Morgan fingerprint density at radius 3 is 2.73 bits per heavy atom. The summed E-state index contributed by atoms with van der Waals surface area (Å²) in [7, 11) is 0. The van der Waals surface area contributed by atoms with Gasteiger partial charge in [0.1, 0.15) is 0 Å². The van der Waals surface area contributed by atoms with Crippen LogP contribution in [-0.4, -0.2) is 22.7 Å². The summed E-state index contributed by atoms with van der Waals surface area (Å²) in [5, 5.41) is 4.04. The molecule has 0 aromatic carbocycles. The Morgan fingerprint density at radius 2 is 2.14 bits per heavy atom. The topological polar surface area (TPSA) is 91.2 Å². The maximum atomic E-state index is 11.4. The molecule has 6 heteroatoms. The van der Waals surface area contributed by atoms with Crippen molar-refractivity contribution in [3.05, 3.63) is 11.7 Å². The van der Waals surface area contributed by atoms with E-state index in [2.05, 4.69) is 24.0 Å². The molecule has 0 saturated heterocycles. The average molecular weight is 309 g/mol. The fourth-order valence-corrected chi connectivity index (χ4v) is 3.05. The monoisotopic (exact) mass is 309 g/mol. The number of aromatic nitrogens is 2. The Morgan fingerprint density at radius 1 is 1.45 bits per heavy atom. The number of ether oxygens (including phenoxy) is 1. The van der Waals surface area contributed by atoms with Crippen molar-refractivity contribution in [3.8, 4) is 0 Å². The van der Waals surface area contributed by atoms with E-state index in [9.17, 15) is 4.79 Å². The van der Waals surface area contributed by atoms with Gasteiger partial charge in [0.05, 0.1) is 18.6 Å². The van der Waals surface area contributed by atoms with Crippen molar-refractivity contribution in [1.82, 2.24) is 10.1 Å². The van der Waals surface area contributed by atoms with Gasteiger partial charge in [-0.1, -0.05) is 19.0 Å². The minimum absolute atomic E-state index is 0.248. The van der Waals surface area contributed by atoms with Crippen molar-refractivity contribution >= 4 is 5.97 Å². The smallest absolute Gasteiger partial charge is 0.306 e. The number of carbonyl (C=O) groups excluding carboxylic acids is 1. The molecule has 0 atom stereocenters. The van der Waals surface area contributed by atoms with E-state index in [0.717, 1.165) is 31.6 Å². The van der Waals surface area contributed by atoms with Gasteiger partial charge >= 0.3 is 5.97 Å². The fraction of sp³-hybridized carbons (Fsp3) is 0.812. The predicted octanol–water partition coefficient (Wildman–Crippen LogP) is 2.57. The van der Waals surface area contributed by atoms with E-state index < -0.39 is 5.54 Å². The molecule has 0 radical (unpaired) electrons. The van der Waals surface area contributed by atoms with Crippen molar-refractivity contribution in [2.24, 2.45) is 17.6 Å². The third-order valence-corrected chi connectivity index (χ3v) is 4.63. The van der Waals surface area contributed by atoms with Crippen molar-refractivity contribution < 1.29 is 14.1 Å². The number of hydrogen-bond acceptors (Lipinski definition) is 6. The van der Waals surface area contributed by atoms with E-state index in [0.29, 0.717) is 30.7 Å². The van der Waals surface area contributed by atoms with Crippen molar-refractivity contribution in [2.75, 3.05) is 6.61 Å². The third kappa shape index (κ3) is 4.06. The van der Waals surface area contributed by atoms with Crippen LogP contribution in [0.3, 0.4) is 0 Å². The largest absolute Gasteiger partial charge is 0.466 e. The highest BCUT2D eigenvalue weighted by Crippen LogP contribution is 2.39. The molecule has 1 aliphatic rings. The maximum absolute atomic E-state index is 11.4. The number of nitrogens with zero attached hydrogens (tertiary/aromatic N) is 2. The molecule has 0 spiro atoms. The summed E-state index contributed by atoms with van der Waals surface area (Å²) >= 11 is 0. The van der Waals surface area contributed by atoms with Crippen LogP contribution in [0.25, 0.3) is 0 Å². The summed E-state index contributed by atoms with van der Waals surface area (Å²) in [4.78, 5) is 15.7. The van der Waals surface area contributed by atoms with Gasteiger partial charge in [-0.3, -0.25) is 4.79 Å². The molecule has 0 amide bonds. The number of nitrogens with two attached hydrogens (primary N) is 1. The first-order valence-corrected chi connectivity index (χ1v) is 8.22.